The van der Waals surface area contributed by atoms with E-state index in [4.69, 9.17) is 4.74 Å². The Balaban J connectivity index is 0.00000320. The molecule has 156 valence electrons. The molecule has 1 saturated carbocycles. The van der Waals surface area contributed by atoms with E-state index in [1.807, 2.05) is 31.2 Å². The van der Waals surface area contributed by atoms with E-state index in [9.17, 15) is 20.1 Å². The van der Waals surface area contributed by atoms with E-state index >= 15 is 0 Å². The number of aliphatic hydroxyl groups is 2. The number of rotatable bonds is 8. The Kier molecular flexibility index (Phi) is 9.46. The van der Waals surface area contributed by atoms with E-state index in [0.717, 1.165) is 16.9 Å². The Morgan fingerprint density at radius 1 is 1.43 bits per heavy atom. The zero-order chi connectivity index (χ0) is 21.0. The maximum Gasteiger partial charge on any atom is 1.00 e. The maximum absolute atomic E-state index is 10.7. The van der Waals surface area contributed by atoms with Crippen LogP contribution in [0.2, 0.25) is 0 Å². The van der Waals surface area contributed by atoms with Crippen LogP contribution in [0.5, 0.6) is 5.75 Å². The first-order valence-electron chi connectivity index (χ1n) is 10.3. The van der Waals surface area contributed by atoms with E-state index in [0.29, 0.717) is 25.7 Å². The van der Waals surface area contributed by atoms with Crippen LogP contribution in [-0.2, 0) is 11.2 Å². The van der Waals surface area contributed by atoms with Gasteiger partial charge in [0, 0.05) is 36.2 Å². The van der Waals surface area contributed by atoms with Gasteiger partial charge in [-0.3, -0.25) is 0 Å². The number of ether oxygens (including phenoxy) is 1. The average molecular weight is 420 g/mol. The van der Waals surface area contributed by atoms with Crippen molar-refractivity contribution in [2.75, 3.05) is 0 Å². The molecule has 3 rings (SSSR count). The van der Waals surface area contributed by atoms with Gasteiger partial charge in [-0.1, -0.05) is 37.3 Å². The minimum absolute atomic E-state index is 0. The first kappa shape index (κ1) is 25.0. The van der Waals surface area contributed by atoms with Gasteiger partial charge < -0.3 is 24.9 Å². The summed E-state index contributed by atoms with van der Waals surface area (Å²) in [5.74, 6) is 5.56. The minimum Gasteiger partial charge on any atom is -0.550 e. The van der Waals surface area contributed by atoms with Crippen LogP contribution < -0.4 is 39.4 Å². The van der Waals surface area contributed by atoms with Gasteiger partial charge in [0.15, 0.2) is 0 Å². The Morgan fingerprint density at radius 3 is 2.90 bits per heavy atom. The molecule has 30 heavy (non-hydrogen) atoms. The number of hydrogen-bond acceptors (Lipinski definition) is 5. The minimum atomic E-state index is -1.04. The van der Waals surface area contributed by atoms with E-state index in [2.05, 4.69) is 11.8 Å². The second kappa shape index (κ2) is 11.4. The number of carboxylic acids is 1. The molecule has 6 atom stereocenters. The molecule has 0 amide bonds. The molecule has 0 saturated heterocycles. The van der Waals surface area contributed by atoms with Crippen molar-refractivity contribution in [1.82, 2.24) is 0 Å². The number of fused-ring (bicyclic) bond motifs is 3. The van der Waals surface area contributed by atoms with Gasteiger partial charge in [-0.25, -0.2) is 0 Å². The zero-order valence-electron chi connectivity index (χ0n) is 18.0. The van der Waals surface area contributed by atoms with E-state index in [-0.39, 0.29) is 59.8 Å². The number of benzene rings is 1. The second-order valence-corrected chi connectivity index (χ2v) is 8.11. The van der Waals surface area contributed by atoms with Crippen LogP contribution in [0.1, 0.15) is 56.6 Å². The molecule has 1 aromatic rings. The maximum atomic E-state index is 10.7. The molecule has 5 nitrogen and oxygen atoms in total. The van der Waals surface area contributed by atoms with Gasteiger partial charge in [0.25, 0.3) is 0 Å². The van der Waals surface area contributed by atoms with Gasteiger partial charge in [0.1, 0.15) is 11.9 Å². The molecule has 2 aliphatic rings. The van der Waals surface area contributed by atoms with Gasteiger partial charge in [0.05, 0.1) is 12.2 Å². The number of carbonyl (C=O) groups excluding carboxylic acids is 1. The summed E-state index contributed by atoms with van der Waals surface area (Å²) in [6, 6.07) is 5.96. The fourth-order valence-corrected chi connectivity index (χ4v) is 4.40. The zero-order valence-corrected chi connectivity index (χ0v) is 20.0. The number of aliphatic carboxylic acids is 1. The first-order valence-corrected chi connectivity index (χ1v) is 10.3. The molecule has 0 radical (unpaired) electrons. The molecule has 6 heteroatoms. The molecule has 1 aromatic carbocycles. The number of carboxylic acid groups (broad SMARTS) is 1. The van der Waals surface area contributed by atoms with E-state index < -0.39 is 18.2 Å². The Bertz CT molecular complexity index is 825. The van der Waals surface area contributed by atoms with E-state index in [1.165, 1.54) is 0 Å². The van der Waals surface area contributed by atoms with Gasteiger partial charge in [-0.05, 0) is 37.7 Å². The summed E-state index contributed by atoms with van der Waals surface area (Å²) < 4.78 is 6.19. The fraction of sp³-hybridized carbons (Fsp3) is 0.542. The van der Waals surface area contributed by atoms with Crippen molar-refractivity contribution >= 4 is 5.97 Å². The molecule has 1 aliphatic heterocycles. The summed E-state index contributed by atoms with van der Waals surface area (Å²) >= 11 is 0. The summed E-state index contributed by atoms with van der Waals surface area (Å²) in [7, 11) is 0. The van der Waals surface area contributed by atoms with Crippen molar-refractivity contribution in [2.45, 2.75) is 70.2 Å². The number of hydrogen-bond donors (Lipinski definition) is 2. The third-order valence-electron chi connectivity index (χ3n) is 6.03. The topological polar surface area (TPSA) is 89.8 Å². The Labute approximate surface area is 200 Å². The standard InChI is InChI=1S/C24H30O5.Na/c1-3-4-7-15(2)19(25)13-12-17-20(26)14-21-23(17)18-10-5-8-16(24(18)29-21)9-6-11-22(27)28;/h5,8,10,12-13,15,17,19-21,23,25-26H,6-7,9,11,14H2,1-2H3,(H,27,28);/q;+1/p-1/t15?,17?,19-,20?,21?,23?;/m1./s1. The molecule has 1 heterocycles. The molecule has 0 spiro atoms. The van der Waals surface area contributed by atoms with Gasteiger partial charge in [-0.2, -0.15) is 0 Å². The number of aliphatic hydroxyl groups excluding tert-OH is 2. The van der Waals surface area contributed by atoms with Crippen LogP contribution in [0.15, 0.2) is 30.4 Å². The fourth-order valence-electron chi connectivity index (χ4n) is 4.40. The summed E-state index contributed by atoms with van der Waals surface area (Å²) in [5, 5.41) is 31.7. The third kappa shape index (κ3) is 5.69. The van der Waals surface area contributed by atoms with Crippen molar-refractivity contribution in [3.63, 3.8) is 0 Å². The van der Waals surface area contributed by atoms with Crippen molar-refractivity contribution in [1.29, 1.82) is 0 Å². The Morgan fingerprint density at radius 2 is 2.20 bits per heavy atom. The van der Waals surface area contributed by atoms with Gasteiger partial charge in [-0.15, -0.1) is 11.8 Å². The Hall–Kier alpha value is -1.29. The van der Waals surface area contributed by atoms with Crippen LogP contribution in [0.3, 0.4) is 0 Å². The summed E-state index contributed by atoms with van der Waals surface area (Å²) in [5.41, 5.74) is 2.06. The molecular formula is C24H29NaO5. The monoisotopic (exact) mass is 420 g/mol. The normalized spacial score (nSPS) is 26.0. The molecular weight excluding hydrogens is 391 g/mol. The number of para-hydroxylation sites is 1. The number of aryl methyl sites for hydroxylation is 1. The van der Waals surface area contributed by atoms with Gasteiger partial charge in [0.2, 0.25) is 0 Å². The SMILES string of the molecule is CC#CCC(C)[C@H](O)C=CC1C(O)CC2Oc3c(CCCC(=O)[O-])cccc3C21.[Na+]. The van der Waals surface area contributed by atoms with Crippen LogP contribution in [0, 0.1) is 23.7 Å². The quantitative estimate of drug-likeness (QED) is 0.319. The summed E-state index contributed by atoms with van der Waals surface area (Å²) in [6.45, 7) is 3.74. The van der Waals surface area contributed by atoms with E-state index in [1.54, 1.807) is 13.0 Å². The average Bonchev–Trinajstić information content (AvgIpc) is 3.19. The summed E-state index contributed by atoms with van der Waals surface area (Å²) in [4.78, 5) is 10.7. The van der Waals surface area contributed by atoms with Gasteiger partial charge >= 0.3 is 29.6 Å². The molecule has 1 aliphatic carbocycles. The van der Waals surface area contributed by atoms with Crippen molar-refractivity contribution in [3.8, 4) is 17.6 Å². The van der Waals surface area contributed by atoms with Crippen molar-refractivity contribution < 1.29 is 54.4 Å². The molecule has 0 bridgehead atoms. The largest absolute Gasteiger partial charge is 1.00 e. The van der Waals surface area contributed by atoms with Crippen LogP contribution in [-0.4, -0.2) is 34.5 Å². The third-order valence-corrected chi connectivity index (χ3v) is 6.03. The number of carbonyl (C=O) groups is 1. The smallest absolute Gasteiger partial charge is 0.550 e. The molecule has 0 aromatic heterocycles. The second-order valence-electron chi connectivity index (χ2n) is 8.11. The molecule has 2 N–H and O–H groups in total. The predicted molar refractivity (Wildman–Crippen MR) is 108 cm³/mol. The van der Waals surface area contributed by atoms with Crippen LogP contribution >= 0.6 is 0 Å². The molecule has 5 unspecified atom stereocenters. The van der Waals surface area contributed by atoms with Crippen molar-refractivity contribution in [3.05, 3.63) is 41.5 Å². The summed E-state index contributed by atoms with van der Waals surface area (Å²) in [6.07, 6.45) is 4.80. The van der Waals surface area contributed by atoms with Crippen LogP contribution in [0.4, 0.5) is 0 Å². The van der Waals surface area contributed by atoms with Crippen LogP contribution in [0.25, 0.3) is 0 Å². The predicted octanol–water partition coefficient (Wildman–Crippen LogP) is -1.04. The molecule has 1 fully saturated rings. The first-order chi connectivity index (χ1) is 13.9. The van der Waals surface area contributed by atoms with Crippen molar-refractivity contribution in [2.24, 2.45) is 11.8 Å².